The second kappa shape index (κ2) is 13.0. The van der Waals surface area contributed by atoms with Crippen molar-refractivity contribution in [2.45, 2.75) is 28.5 Å². The van der Waals surface area contributed by atoms with Gasteiger partial charge in [0.25, 0.3) is 11.8 Å². The molecule has 1 N–H and O–H groups in total. The topological polar surface area (TPSA) is 121 Å². The average molecular weight is 812 g/mol. The van der Waals surface area contributed by atoms with Crippen molar-refractivity contribution in [3.8, 4) is 11.5 Å². The predicted molar refractivity (Wildman–Crippen MR) is 190 cm³/mol. The van der Waals surface area contributed by atoms with Gasteiger partial charge in [-0.2, -0.15) is 0 Å². The van der Waals surface area contributed by atoms with E-state index in [1.807, 2.05) is 0 Å². The quantitative estimate of drug-likeness (QED) is 0.0420. The lowest BCUT2D eigenvalue weighted by atomic mass is 9.56. The molecule has 0 bridgehead atoms. The second-order valence-electron chi connectivity index (χ2n) is 13.9. The van der Waals surface area contributed by atoms with Gasteiger partial charge in [-0.3, -0.25) is 28.9 Å². The Hall–Kier alpha value is -5.60. The Morgan fingerprint density at radius 1 is 0.768 bits per heavy atom. The highest BCUT2D eigenvalue weighted by molar-refractivity contribution is 6.58. The molecule has 2 aliphatic carbocycles. The molecule has 9 nitrogen and oxygen atoms in total. The Bertz CT molecular complexity index is 2440. The van der Waals surface area contributed by atoms with E-state index in [0.717, 1.165) is 11.0 Å². The summed E-state index contributed by atoms with van der Waals surface area (Å²) >= 11 is 14.3. The number of hydrogen-bond acceptors (Lipinski definition) is 7. The first-order valence-electron chi connectivity index (χ1n) is 17.0. The molecule has 8 rings (SSSR count). The fraction of sp³-hybridized carbons (Fsp3) is 0.225. The van der Waals surface area contributed by atoms with Crippen molar-refractivity contribution >= 4 is 64.0 Å². The van der Waals surface area contributed by atoms with Gasteiger partial charge in [0, 0.05) is 17.0 Å². The largest absolute Gasteiger partial charge is 0.504 e. The fourth-order valence-corrected chi connectivity index (χ4v) is 9.53. The number of alkyl halides is 2. The zero-order valence-electron chi connectivity index (χ0n) is 28.7. The van der Waals surface area contributed by atoms with Crippen LogP contribution in [0.4, 0.5) is 33.3 Å². The zero-order valence-corrected chi connectivity index (χ0v) is 30.2. The van der Waals surface area contributed by atoms with Gasteiger partial charge in [0.05, 0.1) is 24.6 Å². The molecule has 0 spiro atoms. The number of aromatic hydroxyl groups is 1. The number of imide groups is 2. The van der Waals surface area contributed by atoms with Crippen molar-refractivity contribution in [2.24, 2.45) is 17.8 Å². The number of carbonyl (C=O) groups excluding carboxylic acids is 5. The van der Waals surface area contributed by atoms with E-state index < -0.39 is 104 Å². The lowest BCUT2D eigenvalue weighted by molar-refractivity contribution is -0.125. The Labute approximate surface area is 323 Å². The molecule has 2 aliphatic heterocycles. The van der Waals surface area contributed by atoms with E-state index in [4.69, 9.17) is 27.9 Å². The number of benzene rings is 4. The van der Waals surface area contributed by atoms with Crippen LogP contribution in [0.2, 0.25) is 0 Å². The van der Waals surface area contributed by atoms with Crippen LogP contribution in [0.25, 0.3) is 0 Å². The van der Waals surface area contributed by atoms with Crippen molar-refractivity contribution < 1.29 is 55.8 Å². The number of ketones is 1. The number of rotatable bonds is 6. The molecular weight excluding hydrogens is 786 g/mol. The molecule has 4 aromatic rings. The third kappa shape index (κ3) is 4.94. The number of methoxy groups -OCH3 is 1. The molecule has 6 atom stereocenters. The molecule has 0 unspecified atom stereocenters. The maximum Gasteiger partial charge on any atom is 0.258 e. The van der Waals surface area contributed by atoms with Crippen LogP contribution in [-0.2, 0) is 19.2 Å². The van der Waals surface area contributed by atoms with Crippen molar-refractivity contribution in [1.82, 2.24) is 0 Å². The molecule has 0 aromatic heterocycles. The van der Waals surface area contributed by atoms with Gasteiger partial charge < -0.3 is 9.84 Å². The highest BCUT2D eigenvalue weighted by atomic mass is 35.5. The number of allylic oxidation sites excluding steroid dienone is 2. The summed E-state index contributed by atoms with van der Waals surface area (Å²) in [5.41, 5.74) is -0.864. The monoisotopic (exact) mass is 810 g/mol. The number of ether oxygens (including phenoxy) is 1. The third-order valence-corrected chi connectivity index (χ3v) is 12.6. The van der Waals surface area contributed by atoms with E-state index in [1.54, 1.807) is 30.3 Å². The van der Waals surface area contributed by atoms with Gasteiger partial charge in [0.1, 0.15) is 5.69 Å². The number of phenols is 1. The molecular formula is C40H25Cl2F5N2O7. The van der Waals surface area contributed by atoms with Gasteiger partial charge >= 0.3 is 0 Å². The SMILES string of the molecule is COc1ccc([C@H]2C3=CC[C@@H]4C(=O)N(c5ccc(C(=O)c6ccccc6)cc5)C(=O)[C@@H]4[C@@H]3C[C@@]3(Cl)C(=O)N(c4c(F)c(F)c(F)c(F)c4F)C(=O)[C@@]23Cl)cc1O. The number of hydrogen-bond donors (Lipinski definition) is 1. The number of anilines is 2. The molecule has 2 heterocycles. The molecule has 1 saturated carbocycles. The summed E-state index contributed by atoms with van der Waals surface area (Å²) in [4.78, 5) is 65.5. The van der Waals surface area contributed by atoms with E-state index in [-0.39, 0.29) is 45.2 Å². The van der Waals surface area contributed by atoms with E-state index in [0.29, 0.717) is 5.56 Å². The number of fused-ring (bicyclic) bond motifs is 4. The van der Waals surface area contributed by atoms with Crippen molar-refractivity contribution in [2.75, 3.05) is 16.9 Å². The standard InChI is InChI=1S/C40H25Cl2F5N2O7/c1-56-25-14-9-19(15-24(25)50)27-21-12-13-22-26(36(53)48(35(22)52)20-10-7-18(8-11-20)34(51)17-5-3-2-4-6-17)23(21)16-39(41)37(54)49(38(55)40(27,39)42)33-31(46)29(44)28(43)30(45)32(33)47/h2-12,14-15,22-23,26-27,50H,13,16H2,1H3/t22-,23+,26-,27-,39+,40-/m0/s1. The van der Waals surface area contributed by atoms with E-state index in [1.165, 1.54) is 49.6 Å². The van der Waals surface area contributed by atoms with E-state index >= 15 is 8.78 Å². The lowest BCUT2D eigenvalue weighted by Crippen LogP contribution is -2.60. The summed E-state index contributed by atoms with van der Waals surface area (Å²) in [6, 6.07) is 18.0. The minimum Gasteiger partial charge on any atom is -0.504 e. The Balaban J connectivity index is 1.24. The van der Waals surface area contributed by atoms with Crippen molar-refractivity contribution in [3.63, 3.8) is 0 Å². The fourth-order valence-electron chi connectivity index (χ4n) is 8.60. The summed E-state index contributed by atoms with van der Waals surface area (Å²) in [6.45, 7) is 0. The van der Waals surface area contributed by atoms with Gasteiger partial charge in [0.15, 0.2) is 50.3 Å². The molecule has 286 valence electrons. The number of amides is 4. The van der Waals surface area contributed by atoms with Gasteiger partial charge in [0.2, 0.25) is 17.6 Å². The molecule has 2 saturated heterocycles. The second-order valence-corrected chi connectivity index (χ2v) is 15.1. The number of carbonyl (C=O) groups is 5. The van der Waals surface area contributed by atoms with Gasteiger partial charge in [-0.05, 0) is 60.7 Å². The molecule has 4 amide bonds. The third-order valence-electron chi connectivity index (χ3n) is 11.2. The number of halogens is 7. The summed E-state index contributed by atoms with van der Waals surface area (Å²) in [5, 5.41) is 10.8. The van der Waals surface area contributed by atoms with Crippen LogP contribution in [0, 0.1) is 46.8 Å². The molecule has 4 aliphatic rings. The maximum absolute atomic E-state index is 15.3. The van der Waals surface area contributed by atoms with Crippen LogP contribution in [0.3, 0.4) is 0 Å². The highest BCUT2D eigenvalue weighted by Crippen LogP contribution is 2.66. The normalized spacial score (nSPS) is 26.9. The van der Waals surface area contributed by atoms with Crippen LogP contribution in [0.15, 0.2) is 84.4 Å². The lowest BCUT2D eigenvalue weighted by Gasteiger charge is -2.50. The van der Waals surface area contributed by atoms with Crippen molar-refractivity contribution in [3.05, 3.63) is 130 Å². The van der Waals surface area contributed by atoms with Crippen molar-refractivity contribution in [1.29, 1.82) is 0 Å². The van der Waals surface area contributed by atoms with E-state index in [9.17, 15) is 42.3 Å². The van der Waals surface area contributed by atoms with Crippen LogP contribution >= 0.6 is 23.2 Å². The molecule has 3 fully saturated rings. The first-order chi connectivity index (χ1) is 26.6. The Kier molecular flexibility index (Phi) is 8.66. The summed E-state index contributed by atoms with van der Waals surface area (Å²) < 4.78 is 78.8. The van der Waals surface area contributed by atoms with Gasteiger partial charge in [-0.25, -0.2) is 26.9 Å². The highest BCUT2D eigenvalue weighted by Gasteiger charge is 2.77. The first kappa shape index (κ1) is 37.3. The smallest absolute Gasteiger partial charge is 0.258 e. The zero-order chi connectivity index (χ0) is 40.2. The van der Waals surface area contributed by atoms with E-state index in [2.05, 4.69) is 0 Å². The van der Waals surface area contributed by atoms with Crippen LogP contribution in [0.1, 0.15) is 40.2 Å². The predicted octanol–water partition coefficient (Wildman–Crippen LogP) is 7.10. The van der Waals surface area contributed by atoms with Crippen LogP contribution in [0.5, 0.6) is 11.5 Å². The van der Waals surface area contributed by atoms with Gasteiger partial charge in [-0.1, -0.05) is 48.0 Å². The van der Waals surface area contributed by atoms with Crippen LogP contribution < -0.4 is 14.5 Å². The van der Waals surface area contributed by atoms with Gasteiger partial charge in [-0.15, -0.1) is 23.2 Å². The molecule has 0 radical (unpaired) electrons. The molecule has 16 heteroatoms. The minimum absolute atomic E-state index is 0.00503. The minimum atomic E-state index is -2.76. The summed E-state index contributed by atoms with van der Waals surface area (Å²) in [5.74, 6) is -22.9. The van der Waals surface area contributed by atoms with Crippen LogP contribution in [-0.4, -0.2) is 51.4 Å². The Morgan fingerprint density at radius 2 is 1.38 bits per heavy atom. The maximum atomic E-state index is 15.3. The molecule has 4 aromatic carbocycles. The number of phenolic OH excluding ortho intramolecular Hbond substituents is 1. The average Bonchev–Trinajstić information content (AvgIpc) is 3.54. The molecule has 56 heavy (non-hydrogen) atoms. The summed E-state index contributed by atoms with van der Waals surface area (Å²) in [7, 11) is 1.26. The number of nitrogens with zero attached hydrogens (tertiary/aromatic N) is 2. The Morgan fingerprint density at radius 3 is 1.98 bits per heavy atom. The summed E-state index contributed by atoms with van der Waals surface area (Å²) in [6.07, 6.45) is 0.748. The first-order valence-corrected chi connectivity index (χ1v) is 17.8.